The molecule has 0 aliphatic heterocycles. The number of carbonyl (C=O) groups excluding carboxylic acids is 2. The maximum Gasteiger partial charge on any atom is 0.221 e. The third-order valence-electron chi connectivity index (χ3n) is 4.54. The molecule has 3 aromatic rings. The van der Waals surface area contributed by atoms with E-state index in [9.17, 15) is 9.59 Å². The van der Waals surface area contributed by atoms with Crippen molar-refractivity contribution in [3.05, 3.63) is 66.1 Å². The maximum atomic E-state index is 12.1. The van der Waals surface area contributed by atoms with Gasteiger partial charge >= 0.3 is 0 Å². The molecule has 2 aromatic heterocycles. The van der Waals surface area contributed by atoms with Crippen LogP contribution in [0.5, 0.6) is 0 Å². The average Bonchev–Trinajstić information content (AvgIpc) is 3.09. The van der Waals surface area contributed by atoms with Crippen LogP contribution in [0, 0.1) is 0 Å². The number of para-hydroxylation sites is 1. The van der Waals surface area contributed by atoms with E-state index in [0.717, 1.165) is 17.5 Å². The molecule has 0 saturated carbocycles. The third kappa shape index (κ3) is 5.17. The quantitative estimate of drug-likeness (QED) is 0.645. The van der Waals surface area contributed by atoms with Gasteiger partial charge in [0.15, 0.2) is 0 Å². The Hall–Kier alpha value is -3.15. The topological polar surface area (TPSA) is 78.1 Å². The summed E-state index contributed by atoms with van der Waals surface area (Å²) < 4.78 is 0. The van der Waals surface area contributed by atoms with E-state index in [1.807, 2.05) is 36.5 Å². The Bertz CT molecular complexity index is 905. The van der Waals surface area contributed by atoms with E-state index in [1.54, 1.807) is 17.3 Å². The van der Waals surface area contributed by atoms with Crippen LogP contribution in [0.1, 0.15) is 24.5 Å². The Morgan fingerprint density at radius 2 is 2.04 bits per heavy atom. The van der Waals surface area contributed by atoms with E-state index >= 15 is 0 Å². The molecule has 2 heterocycles. The first-order valence-corrected chi connectivity index (χ1v) is 9.09. The number of aromatic nitrogens is 2. The van der Waals surface area contributed by atoms with Gasteiger partial charge in [0, 0.05) is 62.5 Å². The highest BCUT2D eigenvalue weighted by atomic mass is 16.2. The highest BCUT2D eigenvalue weighted by Crippen LogP contribution is 2.17. The largest absolute Gasteiger partial charge is 0.361 e. The molecule has 0 aliphatic carbocycles. The van der Waals surface area contributed by atoms with Gasteiger partial charge < -0.3 is 15.2 Å². The second kappa shape index (κ2) is 8.98. The summed E-state index contributed by atoms with van der Waals surface area (Å²) in [5.41, 5.74) is 3.24. The molecular formula is C21H24N4O2. The van der Waals surface area contributed by atoms with Crippen molar-refractivity contribution >= 4 is 22.7 Å². The lowest BCUT2D eigenvalue weighted by atomic mass is 10.1. The summed E-state index contributed by atoms with van der Waals surface area (Å²) in [6.07, 6.45) is 6.47. The van der Waals surface area contributed by atoms with Crippen LogP contribution in [0.25, 0.3) is 10.9 Å². The molecule has 6 heteroatoms. The molecule has 0 aliphatic rings. The van der Waals surface area contributed by atoms with Gasteiger partial charge in [-0.2, -0.15) is 0 Å². The Labute approximate surface area is 158 Å². The minimum absolute atomic E-state index is 0.0488. The van der Waals surface area contributed by atoms with Crippen LogP contribution in [-0.2, 0) is 22.6 Å². The van der Waals surface area contributed by atoms with Crippen molar-refractivity contribution in [1.82, 2.24) is 20.2 Å². The molecule has 140 valence electrons. The molecule has 0 fully saturated rings. The highest BCUT2D eigenvalue weighted by molar-refractivity contribution is 5.83. The molecule has 0 atom stereocenters. The molecule has 0 radical (unpaired) electrons. The fourth-order valence-electron chi connectivity index (χ4n) is 3.06. The summed E-state index contributed by atoms with van der Waals surface area (Å²) in [5.74, 6) is -0.0993. The standard InChI is InChI=1S/C21H24N4O2/c1-16(26)25(15-17-5-4-10-22-13-17)12-9-21(27)23-11-8-18-14-24-20-7-3-2-6-19(18)20/h2-7,10,13-14,24H,8-9,11-12,15H2,1H3,(H,23,27). The lowest BCUT2D eigenvalue weighted by molar-refractivity contribution is -0.130. The lowest BCUT2D eigenvalue weighted by Gasteiger charge is -2.20. The second-order valence-electron chi connectivity index (χ2n) is 6.51. The number of carbonyl (C=O) groups is 2. The Kier molecular flexibility index (Phi) is 6.20. The van der Waals surface area contributed by atoms with Crippen molar-refractivity contribution in [1.29, 1.82) is 0 Å². The summed E-state index contributed by atoms with van der Waals surface area (Å²) in [4.78, 5) is 32.9. The molecule has 0 saturated heterocycles. The van der Waals surface area contributed by atoms with Gasteiger partial charge in [-0.1, -0.05) is 24.3 Å². The number of hydrogen-bond donors (Lipinski definition) is 2. The first-order valence-electron chi connectivity index (χ1n) is 9.09. The number of fused-ring (bicyclic) bond motifs is 1. The predicted octanol–water partition coefficient (Wildman–Crippen LogP) is 2.66. The van der Waals surface area contributed by atoms with E-state index in [1.165, 1.54) is 17.9 Å². The zero-order chi connectivity index (χ0) is 19.1. The normalized spacial score (nSPS) is 10.7. The molecule has 1 aromatic carbocycles. The van der Waals surface area contributed by atoms with Gasteiger partial charge in [-0.05, 0) is 29.7 Å². The third-order valence-corrected chi connectivity index (χ3v) is 4.54. The van der Waals surface area contributed by atoms with Crippen LogP contribution in [0.15, 0.2) is 55.0 Å². The Morgan fingerprint density at radius 3 is 2.81 bits per heavy atom. The molecule has 0 spiro atoms. The van der Waals surface area contributed by atoms with Crippen molar-refractivity contribution in [3.63, 3.8) is 0 Å². The molecule has 6 nitrogen and oxygen atoms in total. The number of rotatable bonds is 8. The zero-order valence-corrected chi connectivity index (χ0v) is 15.4. The van der Waals surface area contributed by atoms with Gasteiger partial charge in [0.25, 0.3) is 0 Å². The number of aromatic amines is 1. The summed E-state index contributed by atoms with van der Waals surface area (Å²) in [6.45, 7) is 2.95. The molecule has 0 unspecified atom stereocenters. The van der Waals surface area contributed by atoms with Crippen LogP contribution in [0.3, 0.4) is 0 Å². The van der Waals surface area contributed by atoms with E-state index in [-0.39, 0.29) is 18.2 Å². The minimum Gasteiger partial charge on any atom is -0.361 e. The van der Waals surface area contributed by atoms with Crippen molar-refractivity contribution in [2.75, 3.05) is 13.1 Å². The first kappa shape index (κ1) is 18.6. The van der Waals surface area contributed by atoms with E-state index in [2.05, 4.69) is 21.4 Å². The van der Waals surface area contributed by atoms with E-state index < -0.39 is 0 Å². The summed E-state index contributed by atoms with van der Waals surface area (Å²) in [7, 11) is 0. The van der Waals surface area contributed by atoms with Gasteiger partial charge in [0.1, 0.15) is 0 Å². The molecular weight excluding hydrogens is 340 g/mol. The first-order chi connectivity index (χ1) is 13.1. The summed E-state index contributed by atoms with van der Waals surface area (Å²) >= 11 is 0. The highest BCUT2D eigenvalue weighted by Gasteiger charge is 2.12. The van der Waals surface area contributed by atoms with Crippen LogP contribution in [0.2, 0.25) is 0 Å². The van der Waals surface area contributed by atoms with Gasteiger partial charge in [0.05, 0.1) is 0 Å². The predicted molar refractivity (Wildman–Crippen MR) is 105 cm³/mol. The smallest absolute Gasteiger partial charge is 0.221 e. The van der Waals surface area contributed by atoms with Crippen molar-refractivity contribution in [3.8, 4) is 0 Å². The number of H-pyrrole nitrogens is 1. The number of benzene rings is 1. The average molecular weight is 364 g/mol. The SMILES string of the molecule is CC(=O)N(CCC(=O)NCCc1c[nH]c2ccccc12)Cc1cccnc1. The molecule has 2 N–H and O–H groups in total. The molecule has 0 bridgehead atoms. The minimum atomic E-state index is -0.0505. The van der Waals surface area contributed by atoms with Crippen LogP contribution < -0.4 is 5.32 Å². The monoisotopic (exact) mass is 364 g/mol. The lowest BCUT2D eigenvalue weighted by Crippen LogP contribution is -2.34. The number of amides is 2. The fourth-order valence-corrected chi connectivity index (χ4v) is 3.06. The van der Waals surface area contributed by atoms with Crippen molar-refractivity contribution in [2.45, 2.75) is 26.3 Å². The Balaban J connectivity index is 1.45. The van der Waals surface area contributed by atoms with Crippen LogP contribution >= 0.6 is 0 Å². The van der Waals surface area contributed by atoms with Crippen molar-refractivity contribution in [2.24, 2.45) is 0 Å². The molecule has 27 heavy (non-hydrogen) atoms. The number of nitrogens with zero attached hydrogens (tertiary/aromatic N) is 2. The maximum absolute atomic E-state index is 12.1. The van der Waals surface area contributed by atoms with Crippen molar-refractivity contribution < 1.29 is 9.59 Å². The van der Waals surface area contributed by atoms with E-state index in [4.69, 9.17) is 0 Å². The van der Waals surface area contributed by atoms with Crippen LogP contribution in [-0.4, -0.2) is 39.8 Å². The fraction of sp³-hybridized carbons (Fsp3) is 0.286. The van der Waals surface area contributed by atoms with Gasteiger partial charge in [-0.15, -0.1) is 0 Å². The zero-order valence-electron chi connectivity index (χ0n) is 15.4. The van der Waals surface area contributed by atoms with Gasteiger partial charge in [-0.3, -0.25) is 14.6 Å². The summed E-state index contributed by atoms with van der Waals surface area (Å²) in [6, 6.07) is 11.9. The number of hydrogen-bond acceptors (Lipinski definition) is 3. The molecule has 2 amide bonds. The Morgan fingerprint density at radius 1 is 1.19 bits per heavy atom. The van der Waals surface area contributed by atoms with E-state index in [0.29, 0.717) is 19.6 Å². The second-order valence-corrected chi connectivity index (χ2v) is 6.51. The number of nitrogens with one attached hydrogen (secondary N) is 2. The van der Waals surface area contributed by atoms with Crippen LogP contribution in [0.4, 0.5) is 0 Å². The summed E-state index contributed by atoms with van der Waals surface area (Å²) in [5, 5.41) is 4.13. The van der Waals surface area contributed by atoms with Gasteiger partial charge in [-0.25, -0.2) is 0 Å². The molecule has 3 rings (SSSR count). The number of pyridine rings is 1. The van der Waals surface area contributed by atoms with Gasteiger partial charge in [0.2, 0.25) is 11.8 Å².